The molecule has 0 saturated carbocycles. The topological polar surface area (TPSA) is 95.2 Å². The number of hydrogen-bond donors (Lipinski definition) is 1. The van der Waals surface area contributed by atoms with Crippen LogP contribution in [0.2, 0.25) is 0 Å². The Bertz CT molecular complexity index is 1180. The summed E-state index contributed by atoms with van der Waals surface area (Å²) in [4.78, 5) is 14.9. The van der Waals surface area contributed by atoms with Crippen molar-refractivity contribution in [2.24, 2.45) is 13.0 Å². The Labute approximate surface area is 207 Å². The van der Waals surface area contributed by atoms with Crippen molar-refractivity contribution in [2.75, 3.05) is 44.1 Å². The second kappa shape index (κ2) is 10.2. The van der Waals surface area contributed by atoms with Crippen molar-refractivity contribution in [2.45, 2.75) is 38.9 Å². The molecule has 1 aliphatic heterocycles. The number of nitrogens with zero attached hydrogens (tertiary/aromatic N) is 7. The third-order valence-corrected chi connectivity index (χ3v) is 6.26. The van der Waals surface area contributed by atoms with E-state index in [1.165, 1.54) is 4.57 Å². The van der Waals surface area contributed by atoms with Crippen LogP contribution in [0.4, 0.5) is 24.9 Å². The molecule has 3 aromatic heterocycles. The first-order valence-corrected chi connectivity index (χ1v) is 11.7. The van der Waals surface area contributed by atoms with Crippen LogP contribution < -0.4 is 19.7 Å². The SMILES string of the molecule is COc1cnc(-c2c(OC)cnn2C(C)C)nc1NCC1CCN(c2nc(C(F)(F)F)cn2C)CC1. The lowest BCUT2D eigenvalue weighted by Gasteiger charge is -2.32. The van der Waals surface area contributed by atoms with Gasteiger partial charge in [-0.3, -0.25) is 4.68 Å². The summed E-state index contributed by atoms with van der Waals surface area (Å²) in [7, 11) is 4.72. The average molecular weight is 509 g/mol. The largest absolute Gasteiger partial charge is 0.493 e. The summed E-state index contributed by atoms with van der Waals surface area (Å²) in [6.45, 7) is 5.90. The van der Waals surface area contributed by atoms with Gasteiger partial charge in [0.2, 0.25) is 5.95 Å². The first-order chi connectivity index (χ1) is 17.1. The highest BCUT2D eigenvalue weighted by molar-refractivity contribution is 5.63. The van der Waals surface area contributed by atoms with Crippen LogP contribution in [0.1, 0.15) is 38.4 Å². The van der Waals surface area contributed by atoms with E-state index in [-0.39, 0.29) is 6.04 Å². The number of methoxy groups -OCH3 is 2. The Morgan fingerprint density at radius 3 is 2.36 bits per heavy atom. The van der Waals surface area contributed by atoms with Gasteiger partial charge in [-0.2, -0.15) is 18.3 Å². The summed E-state index contributed by atoms with van der Waals surface area (Å²) in [6.07, 6.45) is 1.43. The molecule has 1 saturated heterocycles. The molecule has 0 bridgehead atoms. The predicted molar refractivity (Wildman–Crippen MR) is 128 cm³/mol. The van der Waals surface area contributed by atoms with Gasteiger partial charge in [0, 0.05) is 38.9 Å². The molecule has 0 aliphatic carbocycles. The molecule has 3 aromatic rings. The van der Waals surface area contributed by atoms with E-state index in [2.05, 4.69) is 20.4 Å². The lowest BCUT2D eigenvalue weighted by Crippen LogP contribution is -2.37. The lowest BCUT2D eigenvalue weighted by atomic mass is 9.97. The Kier molecular flexibility index (Phi) is 7.27. The maximum Gasteiger partial charge on any atom is 0.434 e. The maximum absolute atomic E-state index is 13.0. The van der Waals surface area contributed by atoms with E-state index in [4.69, 9.17) is 14.5 Å². The van der Waals surface area contributed by atoms with Crippen LogP contribution in [0.15, 0.2) is 18.6 Å². The maximum atomic E-state index is 13.0. The molecule has 10 nitrogen and oxygen atoms in total. The molecule has 0 unspecified atom stereocenters. The van der Waals surface area contributed by atoms with Gasteiger partial charge in [-0.25, -0.2) is 15.0 Å². The predicted octanol–water partition coefficient (Wildman–Crippen LogP) is 4.02. The highest BCUT2D eigenvalue weighted by Gasteiger charge is 2.35. The van der Waals surface area contributed by atoms with Crippen LogP contribution >= 0.6 is 0 Å². The first kappa shape index (κ1) is 25.6. The van der Waals surface area contributed by atoms with Crippen LogP contribution in [-0.4, -0.2) is 63.2 Å². The van der Waals surface area contributed by atoms with E-state index < -0.39 is 11.9 Å². The van der Waals surface area contributed by atoms with Crippen LogP contribution in [0.25, 0.3) is 11.5 Å². The Balaban J connectivity index is 1.44. The number of ether oxygens (including phenoxy) is 2. The molecule has 0 spiro atoms. The van der Waals surface area contributed by atoms with Crippen molar-refractivity contribution in [1.82, 2.24) is 29.3 Å². The van der Waals surface area contributed by atoms with Crippen molar-refractivity contribution in [3.63, 3.8) is 0 Å². The normalized spacial score (nSPS) is 15.0. The average Bonchev–Trinajstić information content (AvgIpc) is 3.46. The van der Waals surface area contributed by atoms with E-state index in [0.717, 1.165) is 19.0 Å². The summed E-state index contributed by atoms with van der Waals surface area (Å²) in [5.41, 5.74) is -0.189. The van der Waals surface area contributed by atoms with Crippen LogP contribution in [0.3, 0.4) is 0 Å². The lowest BCUT2D eigenvalue weighted by molar-refractivity contribution is -0.140. The summed E-state index contributed by atoms with van der Waals surface area (Å²) >= 11 is 0. The number of anilines is 2. The molecule has 4 heterocycles. The molecule has 0 amide bonds. The van der Waals surface area contributed by atoms with Crippen molar-refractivity contribution >= 4 is 11.8 Å². The number of rotatable bonds is 8. The second-order valence-corrected chi connectivity index (χ2v) is 9.06. The minimum absolute atomic E-state index is 0.0853. The van der Waals surface area contributed by atoms with Crippen LogP contribution in [0, 0.1) is 5.92 Å². The van der Waals surface area contributed by atoms with Gasteiger partial charge in [0.25, 0.3) is 0 Å². The first-order valence-electron chi connectivity index (χ1n) is 11.7. The van der Waals surface area contributed by atoms with E-state index in [1.807, 2.05) is 23.4 Å². The fourth-order valence-electron chi connectivity index (χ4n) is 4.33. The Hall–Kier alpha value is -3.51. The highest BCUT2D eigenvalue weighted by Crippen LogP contribution is 2.33. The molecule has 0 aromatic carbocycles. The van der Waals surface area contributed by atoms with Gasteiger partial charge in [-0.05, 0) is 32.6 Å². The standard InChI is InChI=1S/C23H31F3N8O2/c1-14(2)34-19(16(35-4)12-29-34)21-28-11-17(36-5)20(31-21)27-10-15-6-8-33(9-7-15)22-30-18(13-32(22)3)23(24,25)26/h11-15H,6-10H2,1-5H3,(H,27,28,31). The zero-order valence-electron chi connectivity index (χ0n) is 21.0. The van der Waals surface area contributed by atoms with Gasteiger partial charge in [0.05, 0.1) is 26.6 Å². The number of aryl methyl sites for hydroxylation is 1. The van der Waals surface area contributed by atoms with Gasteiger partial charge in [-0.1, -0.05) is 0 Å². The molecular weight excluding hydrogens is 477 g/mol. The van der Waals surface area contributed by atoms with Crippen molar-refractivity contribution < 1.29 is 22.6 Å². The molecule has 196 valence electrons. The third kappa shape index (κ3) is 5.19. The van der Waals surface area contributed by atoms with Crippen LogP contribution in [0.5, 0.6) is 11.5 Å². The minimum Gasteiger partial charge on any atom is -0.493 e. The summed E-state index contributed by atoms with van der Waals surface area (Å²) < 4.78 is 53.2. The van der Waals surface area contributed by atoms with Gasteiger partial charge < -0.3 is 24.3 Å². The molecule has 1 N–H and O–H groups in total. The number of nitrogens with one attached hydrogen (secondary N) is 1. The summed E-state index contributed by atoms with van der Waals surface area (Å²) in [6, 6.07) is 0.0853. The number of halogens is 3. The number of alkyl halides is 3. The molecule has 36 heavy (non-hydrogen) atoms. The molecule has 0 atom stereocenters. The van der Waals surface area contributed by atoms with Gasteiger partial charge >= 0.3 is 6.18 Å². The van der Waals surface area contributed by atoms with E-state index in [0.29, 0.717) is 60.3 Å². The third-order valence-electron chi connectivity index (χ3n) is 6.26. The van der Waals surface area contributed by atoms with Crippen molar-refractivity contribution in [3.8, 4) is 23.0 Å². The summed E-state index contributed by atoms with van der Waals surface area (Å²) in [5.74, 6) is 2.76. The molecular formula is C23H31F3N8O2. The van der Waals surface area contributed by atoms with Gasteiger partial charge in [0.15, 0.2) is 28.8 Å². The molecule has 1 aliphatic rings. The van der Waals surface area contributed by atoms with Crippen molar-refractivity contribution in [3.05, 3.63) is 24.3 Å². The van der Waals surface area contributed by atoms with E-state index >= 15 is 0 Å². The Morgan fingerprint density at radius 2 is 1.78 bits per heavy atom. The smallest absolute Gasteiger partial charge is 0.434 e. The van der Waals surface area contributed by atoms with Crippen LogP contribution in [-0.2, 0) is 13.2 Å². The van der Waals surface area contributed by atoms with Gasteiger partial charge in [-0.15, -0.1) is 0 Å². The quantitative estimate of drug-likeness (QED) is 0.488. The number of piperidine rings is 1. The van der Waals surface area contributed by atoms with Crippen molar-refractivity contribution in [1.29, 1.82) is 0 Å². The molecule has 0 radical (unpaired) electrons. The number of aromatic nitrogens is 6. The van der Waals surface area contributed by atoms with Gasteiger partial charge in [0.1, 0.15) is 5.69 Å². The van der Waals surface area contributed by atoms with E-state index in [1.54, 1.807) is 33.7 Å². The Morgan fingerprint density at radius 1 is 1.08 bits per heavy atom. The minimum atomic E-state index is -4.45. The highest BCUT2D eigenvalue weighted by atomic mass is 19.4. The molecule has 13 heteroatoms. The zero-order valence-corrected chi connectivity index (χ0v) is 21.0. The summed E-state index contributed by atoms with van der Waals surface area (Å²) in [5, 5.41) is 7.77. The van der Waals surface area contributed by atoms with E-state index in [9.17, 15) is 13.2 Å². The fraction of sp³-hybridized carbons (Fsp3) is 0.565. The number of imidazole rings is 1. The fourth-order valence-corrected chi connectivity index (χ4v) is 4.33. The molecule has 4 rings (SSSR count). The number of hydrogen-bond acceptors (Lipinski definition) is 8. The molecule has 1 fully saturated rings. The monoisotopic (exact) mass is 508 g/mol. The second-order valence-electron chi connectivity index (χ2n) is 9.06. The zero-order chi connectivity index (χ0) is 26.0.